The van der Waals surface area contributed by atoms with Crippen molar-refractivity contribution in [3.05, 3.63) is 70.2 Å². The molecule has 1 N–H and O–H groups in total. The highest BCUT2D eigenvalue weighted by Gasteiger charge is 2.12. The average molecular weight is 375 g/mol. The van der Waals surface area contributed by atoms with E-state index in [2.05, 4.69) is 15.9 Å². The molecule has 2 rings (SSSR count). The third-order valence-electron chi connectivity index (χ3n) is 3.08. The summed E-state index contributed by atoms with van der Waals surface area (Å²) in [6.07, 6.45) is 2.30. The van der Waals surface area contributed by atoms with Gasteiger partial charge in [-0.05, 0) is 55.0 Å². The molecular formula is C18H15BrO4. The summed E-state index contributed by atoms with van der Waals surface area (Å²) < 4.78 is 6.16. The SMILES string of the molecule is CC(Oc1ccc(C(=O)C=Cc2cccc(Br)c2)cc1)C(=O)O. The quantitative estimate of drug-likeness (QED) is 0.607. The maximum atomic E-state index is 12.1. The molecule has 0 aliphatic heterocycles. The summed E-state index contributed by atoms with van der Waals surface area (Å²) in [5, 5.41) is 8.79. The maximum absolute atomic E-state index is 12.1. The Bertz CT molecular complexity index is 735. The molecular weight excluding hydrogens is 360 g/mol. The molecule has 0 radical (unpaired) electrons. The van der Waals surface area contributed by atoms with Crippen LogP contribution in [0, 0.1) is 0 Å². The van der Waals surface area contributed by atoms with Crippen LogP contribution in [0.4, 0.5) is 0 Å². The lowest BCUT2D eigenvalue weighted by Crippen LogP contribution is -2.22. The van der Waals surface area contributed by atoms with Crippen molar-refractivity contribution in [3.8, 4) is 5.75 Å². The van der Waals surface area contributed by atoms with Crippen LogP contribution in [0.1, 0.15) is 22.8 Å². The minimum absolute atomic E-state index is 0.136. The number of benzene rings is 2. The highest BCUT2D eigenvalue weighted by molar-refractivity contribution is 9.10. The lowest BCUT2D eigenvalue weighted by molar-refractivity contribution is -0.144. The highest BCUT2D eigenvalue weighted by atomic mass is 79.9. The zero-order chi connectivity index (χ0) is 16.8. The fourth-order valence-electron chi connectivity index (χ4n) is 1.83. The Hall–Kier alpha value is -2.40. The predicted octanol–water partition coefficient (Wildman–Crippen LogP) is 4.20. The smallest absolute Gasteiger partial charge is 0.344 e. The Morgan fingerprint density at radius 2 is 1.87 bits per heavy atom. The third-order valence-corrected chi connectivity index (χ3v) is 3.57. The van der Waals surface area contributed by atoms with Crippen molar-refractivity contribution in [2.45, 2.75) is 13.0 Å². The molecule has 4 nitrogen and oxygen atoms in total. The number of hydrogen-bond donors (Lipinski definition) is 1. The number of hydrogen-bond acceptors (Lipinski definition) is 3. The van der Waals surface area contributed by atoms with Gasteiger partial charge in [0.05, 0.1) is 0 Å². The average Bonchev–Trinajstić information content (AvgIpc) is 2.53. The summed E-state index contributed by atoms with van der Waals surface area (Å²) in [7, 11) is 0. The molecule has 0 fully saturated rings. The van der Waals surface area contributed by atoms with Crippen molar-refractivity contribution < 1.29 is 19.4 Å². The number of ether oxygens (including phenoxy) is 1. The molecule has 0 heterocycles. The molecule has 23 heavy (non-hydrogen) atoms. The summed E-state index contributed by atoms with van der Waals surface area (Å²) >= 11 is 3.38. The number of carbonyl (C=O) groups excluding carboxylic acids is 1. The van der Waals surface area contributed by atoms with Gasteiger partial charge >= 0.3 is 5.97 Å². The van der Waals surface area contributed by atoms with E-state index < -0.39 is 12.1 Å². The molecule has 0 aliphatic carbocycles. The molecule has 0 saturated heterocycles. The lowest BCUT2D eigenvalue weighted by atomic mass is 10.1. The number of halogens is 1. The molecule has 2 aromatic rings. The van der Waals surface area contributed by atoms with Crippen molar-refractivity contribution >= 4 is 33.8 Å². The summed E-state index contributed by atoms with van der Waals surface area (Å²) in [6, 6.07) is 14.0. The normalized spacial score (nSPS) is 12.1. The fraction of sp³-hybridized carbons (Fsp3) is 0.111. The van der Waals surface area contributed by atoms with Gasteiger partial charge in [0, 0.05) is 10.0 Å². The minimum atomic E-state index is -1.04. The molecule has 118 valence electrons. The maximum Gasteiger partial charge on any atom is 0.344 e. The molecule has 0 saturated carbocycles. The monoisotopic (exact) mass is 374 g/mol. The van der Waals surface area contributed by atoms with Crippen molar-refractivity contribution in [1.29, 1.82) is 0 Å². The van der Waals surface area contributed by atoms with Gasteiger partial charge in [0.15, 0.2) is 11.9 Å². The highest BCUT2D eigenvalue weighted by Crippen LogP contribution is 2.16. The second-order valence-electron chi connectivity index (χ2n) is 4.88. The molecule has 2 aromatic carbocycles. The van der Waals surface area contributed by atoms with E-state index in [0.29, 0.717) is 11.3 Å². The standard InChI is InChI=1S/C18H15BrO4/c1-12(18(21)22)23-16-8-6-14(7-9-16)17(20)10-5-13-3-2-4-15(19)11-13/h2-12H,1H3,(H,21,22). The molecule has 5 heteroatoms. The zero-order valence-corrected chi connectivity index (χ0v) is 14.0. The van der Waals surface area contributed by atoms with E-state index in [4.69, 9.17) is 9.84 Å². The van der Waals surface area contributed by atoms with Crippen LogP contribution in [0.3, 0.4) is 0 Å². The first-order valence-electron chi connectivity index (χ1n) is 6.93. The molecule has 0 spiro atoms. The van der Waals surface area contributed by atoms with Gasteiger partial charge in [-0.15, -0.1) is 0 Å². The van der Waals surface area contributed by atoms with Gasteiger partial charge in [-0.2, -0.15) is 0 Å². The number of rotatable bonds is 6. The van der Waals surface area contributed by atoms with Gasteiger partial charge in [0.2, 0.25) is 0 Å². The number of carboxylic acids is 1. The van der Waals surface area contributed by atoms with E-state index in [1.807, 2.05) is 24.3 Å². The van der Waals surface area contributed by atoms with Crippen LogP contribution in [0.15, 0.2) is 59.1 Å². The van der Waals surface area contributed by atoms with Crippen LogP contribution < -0.4 is 4.74 Å². The Balaban J connectivity index is 2.04. The number of aliphatic carboxylic acids is 1. The molecule has 0 amide bonds. The van der Waals surface area contributed by atoms with Crippen molar-refractivity contribution in [3.63, 3.8) is 0 Å². The van der Waals surface area contributed by atoms with Crippen molar-refractivity contribution in [2.24, 2.45) is 0 Å². The Kier molecular flexibility index (Phi) is 5.71. The summed E-state index contributed by atoms with van der Waals surface area (Å²) in [5.74, 6) is -0.766. The predicted molar refractivity (Wildman–Crippen MR) is 91.7 cm³/mol. The molecule has 0 bridgehead atoms. The first-order valence-corrected chi connectivity index (χ1v) is 7.72. The van der Waals surface area contributed by atoms with Crippen LogP contribution in [0.5, 0.6) is 5.75 Å². The van der Waals surface area contributed by atoms with Crippen LogP contribution in [0.25, 0.3) is 6.08 Å². The van der Waals surface area contributed by atoms with E-state index in [-0.39, 0.29) is 5.78 Å². The first kappa shape index (κ1) is 17.0. The summed E-state index contributed by atoms with van der Waals surface area (Å²) in [4.78, 5) is 22.8. The lowest BCUT2D eigenvalue weighted by Gasteiger charge is -2.10. The summed E-state index contributed by atoms with van der Waals surface area (Å²) in [6.45, 7) is 1.45. The molecule has 1 atom stereocenters. The third kappa shape index (κ3) is 5.07. The van der Waals surface area contributed by atoms with E-state index in [1.54, 1.807) is 30.3 Å². The Labute approximate surface area is 142 Å². The zero-order valence-electron chi connectivity index (χ0n) is 12.4. The Morgan fingerprint density at radius 3 is 2.48 bits per heavy atom. The summed E-state index contributed by atoms with van der Waals surface area (Å²) in [5.41, 5.74) is 1.43. The van der Waals surface area contributed by atoms with E-state index >= 15 is 0 Å². The number of carbonyl (C=O) groups is 2. The van der Waals surface area contributed by atoms with Crippen molar-refractivity contribution in [1.82, 2.24) is 0 Å². The first-order chi connectivity index (χ1) is 11.0. The van der Waals surface area contributed by atoms with Crippen LogP contribution in [-0.2, 0) is 4.79 Å². The van der Waals surface area contributed by atoms with Crippen LogP contribution in [0.2, 0.25) is 0 Å². The minimum Gasteiger partial charge on any atom is -0.479 e. The second-order valence-corrected chi connectivity index (χ2v) is 5.79. The van der Waals surface area contributed by atoms with E-state index in [0.717, 1.165) is 10.0 Å². The van der Waals surface area contributed by atoms with Gasteiger partial charge in [-0.25, -0.2) is 4.79 Å². The van der Waals surface area contributed by atoms with Crippen molar-refractivity contribution in [2.75, 3.05) is 0 Å². The number of allylic oxidation sites excluding steroid dienone is 1. The second kappa shape index (κ2) is 7.74. The molecule has 0 aliphatic rings. The van der Waals surface area contributed by atoms with E-state index in [9.17, 15) is 9.59 Å². The van der Waals surface area contributed by atoms with Gasteiger partial charge in [0.1, 0.15) is 5.75 Å². The largest absolute Gasteiger partial charge is 0.479 e. The molecule has 0 aromatic heterocycles. The fourth-order valence-corrected chi connectivity index (χ4v) is 2.25. The topological polar surface area (TPSA) is 63.6 Å². The van der Waals surface area contributed by atoms with Crippen LogP contribution in [-0.4, -0.2) is 23.0 Å². The molecule has 1 unspecified atom stereocenters. The van der Waals surface area contributed by atoms with Gasteiger partial charge in [-0.1, -0.05) is 34.1 Å². The van der Waals surface area contributed by atoms with Gasteiger partial charge < -0.3 is 9.84 Å². The van der Waals surface area contributed by atoms with Gasteiger partial charge in [-0.3, -0.25) is 4.79 Å². The number of carboxylic acid groups (broad SMARTS) is 1. The van der Waals surface area contributed by atoms with Gasteiger partial charge in [0.25, 0.3) is 0 Å². The van der Waals surface area contributed by atoms with Crippen LogP contribution >= 0.6 is 15.9 Å². The number of ketones is 1. The van der Waals surface area contributed by atoms with E-state index in [1.165, 1.54) is 13.0 Å². The Morgan fingerprint density at radius 1 is 1.17 bits per heavy atom.